The minimum absolute atomic E-state index is 0.117. The molecule has 3 rings (SSSR count). The van der Waals surface area contributed by atoms with Gasteiger partial charge in [0.15, 0.2) is 0 Å². The first-order valence-corrected chi connectivity index (χ1v) is 6.86. The number of carboxylic acid groups (broad SMARTS) is 1. The molecule has 0 spiro atoms. The molecule has 0 bridgehead atoms. The maximum Gasteiger partial charge on any atom is 0.305 e. The summed E-state index contributed by atoms with van der Waals surface area (Å²) < 4.78 is 4.43. The zero-order valence-electron chi connectivity index (χ0n) is 9.87. The van der Waals surface area contributed by atoms with E-state index in [0.29, 0.717) is 0 Å². The van der Waals surface area contributed by atoms with E-state index in [2.05, 4.69) is 15.3 Å². The number of carboxylic acids is 1. The number of hydrogen-bond donors (Lipinski definition) is 1. The zero-order chi connectivity index (χ0) is 12.5. The second kappa shape index (κ2) is 4.57. The first-order chi connectivity index (χ1) is 8.75. The van der Waals surface area contributed by atoms with Gasteiger partial charge in [0.05, 0.1) is 11.9 Å². The molecule has 94 valence electrons. The summed E-state index contributed by atoms with van der Waals surface area (Å²) in [5.74, 6) is -0.722. The van der Waals surface area contributed by atoms with Crippen LogP contribution in [0.3, 0.4) is 0 Å². The van der Waals surface area contributed by atoms with Gasteiger partial charge in [-0.25, -0.2) is 0 Å². The van der Waals surface area contributed by atoms with Crippen LogP contribution >= 0.6 is 11.5 Å². The fraction of sp³-hybridized carbons (Fsp3) is 0.385. The quantitative estimate of drug-likeness (QED) is 0.924. The van der Waals surface area contributed by atoms with Crippen molar-refractivity contribution in [1.82, 2.24) is 4.37 Å². The molecule has 2 heterocycles. The summed E-state index contributed by atoms with van der Waals surface area (Å²) in [7, 11) is 0. The van der Waals surface area contributed by atoms with Crippen molar-refractivity contribution in [3.8, 4) is 0 Å². The monoisotopic (exact) mass is 262 g/mol. The number of nitrogens with zero attached hydrogens (tertiary/aromatic N) is 2. The van der Waals surface area contributed by atoms with Gasteiger partial charge in [-0.05, 0) is 36.5 Å². The Hall–Kier alpha value is -1.62. The molecule has 1 aliphatic rings. The molecule has 0 amide bonds. The van der Waals surface area contributed by atoms with Gasteiger partial charge in [-0.15, -0.1) is 0 Å². The molecule has 1 fully saturated rings. The molecule has 0 aliphatic carbocycles. The fourth-order valence-corrected chi connectivity index (χ4v) is 3.56. The van der Waals surface area contributed by atoms with E-state index < -0.39 is 5.97 Å². The lowest BCUT2D eigenvalue weighted by Crippen LogP contribution is -2.30. The number of fused-ring (bicyclic) bond motifs is 1. The van der Waals surface area contributed by atoms with Gasteiger partial charge in [-0.2, -0.15) is 4.37 Å². The van der Waals surface area contributed by atoms with Gasteiger partial charge in [0.2, 0.25) is 0 Å². The molecule has 1 aromatic carbocycles. The molecule has 1 atom stereocenters. The minimum atomic E-state index is -0.722. The number of aliphatic carboxylic acids is 1. The molecule has 2 aromatic rings. The molecule has 5 heteroatoms. The van der Waals surface area contributed by atoms with Crippen LogP contribution in [0.1, 0.15) is 19.3 Å². The van der Waals surface area contributed by atoms with Crippen LogP contribution in [0.4, 0.5) is 5.00 Å². The van der Waals surface area contributed by atoms with Crippen molar-refractivity contribution < 1.29 is 9.90 Å². The number of hydrogen-bond acceptors (Lipinski definition) is 4. The Morgan fingerprint density at radius 1 is 1.50 bits per heavy atom. The topological polar surface area (TPSA) is 53.4 Å². The van der Waals surface area contributed by atoms with Crippen molar-refractivity contribution in [2.24, 2.45) is 0 Å². The summed E-state index contributed by atoms with van der Waals surface area (Å²) in [6.07, 6.45) is 2.23. The van der Waals surface area contributed by atoms with Crippen molar-refractivity contribution in [2.75, 3.05) is 11.4 Å². The van der Waals surface area contributed by atoms with Crippen molar-refractivity contribution >= 4 is 33.4 Å². The summed E-state index contributed by atoms with van der Waals surface area (Å²) in [5.41, 5.74) is 0.999. The third-order valence-electron chi connectivity index (χ3n) is 3.41. The van der Waals surface area contributed by atoms with Crippen molar-refractivity contribution in [2.45, 2.75) is 25.3 Å². The van der Waals surface area contributed by atoms with Gasteiger partial charge in [-0.3, -0.25) is 4.79 Å². The summed E-state index contributed by atoms with van der Waals surface area (Å²) in [5, 5.41) is 11.2. The highest BCUT2D eigenvalue weighted by atomic mass is 32.1. The maximum absolute atomic E-state index is 10.9. The van der Waals surface area contributed by atoms with Gasteiger partial charge >= 0.3 is 5.97 Å². The highest BCUT2D eigenvalue weighted by molar-refractivity contribution is 7.11. The predicted molar refractivity (Wildman–Crippen MR) is 72.2 cm³/mol. The van der Waals surface area contributed by atoms with Gasteiger partial charge in [0.25, 0.3) is 0 Å². The van der Waals surface area contributed by atoms with Gasteiger partial charge in [0, 0.05) is 18.0 Å². The van der Waals surface area contributed by atoms with E-state index >= 15 is 0 Å². The van der Waals surface area contributed by atoms with Crippen LogP contribution in [-0.4, -0.2) is 28.0 Å². The number of aromatic nitrogens is 1. The Morgan fingerprint density at radius 3 is 3.17 bits per heavy atom. The van der Waals surface area contributed by atoms with Crippen LogP contribution in [0.5, 0.6) is 0 Å². The van der Waals surface area contributed by atoms with Crippen LogP contribution < -0.4 is 4.90 Å². The Bertz CT molecular complexity index is 581. The number of benzene rings is 1. The van der Waals surface area contributed by atoms with Crippen molar-refractivity contribution in [1.29, 1.82) is 0 Å². The molecule has 1 aromatic heterocycles. The predicted octanol–water partition coefficient (Wildman–Crippen LogP) is 2.74. The third kappa shape index (κ3) is 1.95. The summed E-state index contributed by atoms with van der Waals surface area (Å²) >= 11 is 1.47. The molecule has 18 heavy (non-hydrogen) atoms. The summed E-state index contributed by atoms with van der Waals surface area (Å²) in [6.45, 7) is 0.935. The second-order valence-electron chi connectivity index (χ2n) is 4.59. The van der Waals surface area contributed by atoms with E-state index in [0.717, 1.165) is 35.3 Å². The third-order valence-corrected chi connectivity index (χ3v) is 4.33. The normalized spacial score (nSPS) is 19.6. The van der Waals surface area contributed by atoms with Crippen LogP contribution in [-0.2, 0) is 4.79 Å². The van der Waals surface area contributed by atoms with Crippen LogP contribution in [0.25, 0.3) is 10.9 Å². The Labute approximate surface area is 109 Å². The highest BCUT2D eigenvalue weighted by Gasteiger charge is 2.29. The van der Waals surface area contributed by atoms with Gasteiger partial charge in [-0.1, -0.05) is 12.1 Å². The lowest BCUT2D eigenvalue weighted by atomic mass is 10.1. The highest BCUT2D eigenvalue weighted by Crippen LogP contribution is 2.36. The number of carbonyl (C=O) groups is 1. The molecule has 4 nitrogen and oxygen atoms in total. The molecular weight excluding hydrogens is 248 g/mol. The Balaban J connectivity index is 1.96. The molecule has 1 saturated heterocycles. The molecular formula is C13H14N2O2S. The lowest BCUT2D eigenvalue weighted by Gasteiger charge is -2.23. The molecule has 1 aliphatic heterocycles. The van der Waals surface area contributed by atoms with Crippen molar-refractivity contribution in [3.05, 3.63) is 24.3 Å². The fourth-order valence-electron chi connectivity index (χ4n) is 2.60. The van der Waals surface area contributed by atoms with E-state index in [1.54, 1.807) is 0 Å². The largest absolute Gasteiger partial charge is 0.481 e. The Kier molecular flexibility index (Phi) is 2.91. The van der Waals surface area contributed by atoms with E-state index in [1.165, 1.54) is 11.5 Å². The van der Waals surface area contributed by atoms with Crippen LogP contribution in [0.15, 0.2) is 24.3 Å². The first-order valence-electron chi connectivity index (χ1n) is 6.08. The zero-order valence-corrected chi connectivity index (χ0v) is 10.7. The average Bonchev–Trinajstić information content (AvgIpc) is 2.94. The lowest BCUT2D eigenvalue weighted by molar-refractivity contribution is -0.137. The van der Waals surface area contributed by atoms with Gasteiger partial charge in [0.1, 0.15) is 5.00 Å². The first kappa shape index (κ1) is 11.5. The number of anilines is 1. The van der Waals surface area contributed by atoms with Crippen molar-refractivity contribution in [3.63, 3.8) is 0 Å². The summed E-state index contributed by atoms with van der Waals surface area (Å²) in [6, 6.07) is 8.15. The van der Waals surface area contributed by atoms with E-state index in [1.807, 2.05) is 18.2 Å². The maximum atomic E-state index is 10.9. The Morgan fingerprint density at radius 2 is 2.33 bits per heavy atom. The number of rotatable bonds is 3. The second-order valence-corrected chi connectivity index (χ2v) is 5.34. The van der Waals surface area contributed by atoms with Crippen LogP contribution in [0, 0.1) is 0 Å². The molecule has 0 radical (unpaired) electrons. The van der Waals surface area contributed by atoms with Crippen LogP contribution in [0.2, 0.25) is 0 Å². The van der Waals surface area contributed by atoms with Gasteiger partial charge < -0.3 is 10.0 Å². The standard InChI is InChI=1S/C13H14N2O2S/c16-12(17)8-9-4-3-7-15(9)13-10-5-1-2-6-11(10)14-18-13/h1-2,5-6,9H,3-4,7-8H2,(H,16,17). The minimum Gasteiger partial charge on any atom is -0.481 e. The average molecular weight is 262 g/mol. The van der Waals surface area contributed by atoms with E-state index in [9.17, 15) is 4.79 Å². The van der Waals surface area contributed by atoms with E-state index in [-0.39, 0.29) is 12.5 Å². The smallest absolute Gasteiger partial charge is 0.305 e. The van der Waals surface area contributed by atoms with E-state index in [4.69, 9.17) is 5.11 Å². The SMILES string of the molecule is O=C(O)CC1CCCN1c1snc2ccccc12. The summed E-state index contributed by atoms with van der Waals surface area (Å²) in [4.78, 5) is 13.1. The molecule has 0 saturated carbocycles. The molecule has 1 unspecified atom stereocenters. The molecule has 1 N–H and O–H groups in total.